The number of allylic oxidation sites excluding steroid dienone is 2. The van der Waals surface area contributed by atoms with Gasteiger partial charge in [0.05, 0.1) is 28.3 Å². The van der Waals surface area contributed by atoms with E-state index in [1.54, 1.807) is 48.4 Å². The van der Waals surface area contributed by atoms with Gasteiger partial charge in [-0.05, 0) is 35.9 Å². The molecule has 35 heavy (non-hydrogen) atoms. The Balaban J connectivity index is 1.65. The number of halogens is 4. The number of aromatic amines is 2. The molecule has 0 spiro atoms. The number of rotatable bonds is 3. The molecule has 0 saturated heterocycles. The number of aromatic nitrogens is 2. The fraction of sp³-hybridized carbons (Fsp3) is 0.200. The quantitative estimate of drug-likeness (QED) is 0.501. The van der Waals surface area contributed by atoms with Crippen molar-refractivity contribution in [2.24, 2.45) is 0 Å². The van der Waals surface area contributed by atoms with Crippen molar-refractivity contribution in [3.05, 3.63) is 98.5 Å². The summed E-state index contributed by atoms with van der Waals surface area (Å²) < 4.78 is 41.0. The minimum Gasteiger partial charge on any atom is -0.362 e. The lowest BCUT2D eigenvalue weighted by Gasteiger charge is -2.31. The lowest BCUT2D eigenvalue weighted by atomic mass is 9.95. The summed E-state index contributed by atoms with van der Waals surface area (Å²) in [6.07, 6.45) is 0.433. The second kappa shape index (κ2) is 8.49. The van der Waals surface area contributed by atoms with Crippen molar-refractivity contribution < 1.29 is 18.0 Å². The third-order valence-electron chi connectivity index (χ3n) is 6.30. The highest BCUT2D eigenvalue weighted by atomic mass is 35.5. The molecule has 0 fully saturated rings. The van der Waals surface area contributed by atoms with Crippen molar-refractivity contribution in [3.63, 3.8) is 0 Å². The first-order valence-electron chi connectivity index (χ1n) is 10.8. The van der Waals surface area contributed by atoms with Gasteiger partial charge in [-0.15, -0.1) is 0 Å². The fourth-order valence-corrected chi connectivity index (χ4v) is 4.86. The van der Waals surface area contributed by atoms with E-state index in [1.807, 2.05) is 0 Å². The summed E-state index contributed by atoms with van der Waals surface area (Å²) in [5.74, 6) is -0.408. The molecule has 2 unspecified atom stereocenters. The summed E-state index contributed by atoms with van der Waals surface area (Å²) in [4.78, 5) is 32.2. The van der Waals surface area contributed by atoms with Gasteiger partial charge in [0, 0.05) is 29.6 Å². The van der Waals surface area contributed by atoms with E-state index < -0.39 is 29.7 Å². The normalized spacial score (nSPS) is 20.5. The van der Waals surface area contributed by atoms with Crippen LogP contribution in [0.4, 0.5) is 13.2 Å². The van der Waals surface area contributed by atoms with Crippen molar-refractivity contribution in [3.8, 4) is 0 Å². The molecule has 1 aromatic heterocycles. The first-order valence-corrected chi connectivity index (χ1v) is 11.2. The maximum atomic E-state index is 13.7. The van der Waals surface area contributed by atoms with Gasteiger partial charge in [0.25, 0.3) is 0 Å². The van der Waals surface area contributed by atoms with E-state index in [2.05, 4.69) is 15.3 Å². The molecule has 2 aromatic carbocycles. The number of fused-ring (bicyclic) bond motifs is 2. The van der Waals surface area contributed by atoms with E-state index in [9.17, 15) is 22.8 Å². The molecule has 0 bridgehead atoms. The zero-order chi connectivity index (χ0) is 24.9. The topological polar surface area (TPSA) is 81.0 Å². The number of benzene rings is 2. The Hall–Kier alpha value is -3.72. The number of carbonyl (C=O) groups is 1. The molecule has 1 aliphatic carbocycles. The molecule has 2 atom stereocenters. The zero-order valence-electron chi connectivity index (χ0n) is 18.4. The van der Waals surface area contributed by atoms with E-state index in [0.717, 1.165) is 6.07 Å². The number of H-pyrrole nitrogens is 2. The molecule has 1 aliphatic heterocycles. The molecule has 2 aliphatic rings. The van der Waals surface area contributed by atoms with Crippen LogP contribution >= 0.6 is 11.6 Å². The molecule has 0 saturated carbocycles. The van der Waals surface area contributed by atoms with Crippen LogP contribution in [0, 0.1) is 0 Å². The molecule has 6 nitrogen and oxygen atoms in total. The van der Waals surface area contributed by atoms with Crippen LogP contribution in [0.25, 0.3) is 16.7 Å². The second-order valence-electron chi connectivity index (χ2n) is 8.50. The van der Waals surface area contributed by atoms with Crippen LogP contribution in [-0.2, 0) is 17.4 Å². The summed E-state index contributed by atoms with van der Waals surface area (Å²) in [5, 5.41) is 3.38. The average Bonchev–Trinajstić information content (AvgIpc) is 3.13. The van der Waals surface area contributed by atoms with Crippen molar-refractivity contribution in [1.82, 2.24) is 20.2 Å². The van der Waals surface area contributed by atoms with E-state index in [1.165, 1.54) is 18.2 Å². The van der Waals surface area contributed by atoms with E-state index in [-0.39, 0.29) is 17.7 Å². The number of amides is 1. The second-order valence-corrected chi connectivity index (χ2v) is 8.94. The van der Waals surface area contributed by atoms with Crippen molar-refractivity contribution in [2.75, 3.05) is 7.05 Å². The molecule has 1 amide bonds. The molecule has 180 valence electrons. The predicted octanol–water partition coefficient (Wildman–Crippen LogP) is 4.32. The lowest BCUT2D eigenvalue weighted by Crippen LogP contribution is -2.46. The number of alkyl halides is 3. The molecular weight excluding hydrogens is 481 g/mol. The number of hydrogen-bond acceptors (Lipinski definition) is 3. The Morgan fingerprint density at radius 2 is 1.80 bits per heavy atom. The van der Waals surface area contributed by atoms with Gasteiger partial charge in [0.2, 0.25) is 5.91 Å². The summed E-state index contributed by atoms with van der Waals surface area (Å²) >= 11 is 6.29. The Labute approximate surface area is 202 Å². The minimum absolute atomic E-state index is 0.0238. The lowest BCUT2D eigenvalue weighted by molar-refractivity contribution is -0.138. The summed E-state index contributed by atoms with van der Waals surface area (Å²) in [6.45, 7) is 0. The number of nitrogens with zero attached hydrogens (tertiary/aromatic N) is 1. The molecule has 0 radical (unpaired) electrons. The Morgan fingerprint density at radius 1 is 1.06 bits per heavy atom. The molecule has 10 heteroatoms. The Morgan fingerprint density at radius 3 is 2.57 bits per heavy atom. The first-order chi connectivity index (χ1) is 16.6. The van der Waals surface area contributed by atoms with Crippen LogP contribution < -0.4 is 11.0 Å². The van der Waals surface area contributed by atoms with Gasteiger partial charge in [-0.3, -0.25) is 4.79 Å². The van der Waals surface area contributed by atoms with Crippen LogP contribution in [0.15, 0.2) is 76.1 Å². The standard InChI is InChI=1S/C25H20ClF3N4O2/c1-33-21(11-13-4-2-3-5-17(13)25(27,28)29)23(34)30-18-9-7-15(26)12-16(18)22(33)14-6-8-19-20(10-14)32-24(35)31-19/h2-10,12,18,21H,11H2,1H3,(H,30,34)(H2,31,32,35). The van der Waals surface area contributed by atoms with E-state index in [4.69, 9.17) is 11.6 Å². The average molecular weight is 501 g/mol. The van der Waals surface area contributed by atoms with Crippen molar-refractivity contribution in [1.29, 1.82) is 0 Å². The fourth-order valence-electron chi connectivity index (χ4n) is 4.67. The maximum absolute atomic E-state index is 13.7. The summed E-state index contributed by atoms with van der Waals surface area (Å²) in [6, 6.07) is 9.09. The summed E-state index contributed by atoms with van der Waals surface area (Å²) in [7, 11) is 1.68. The Kier molecular flexibility index (Phi) is 5.59. The van der Waals surface area contributed by atoms with Gasteiger partial charge >= 0.3 is 11.9 Å². The highest BCUT2D eigenvalue weighted by Crippen LogP contribution is 2.36. The van der Waals surface area contributed by atoms with Gasteiger partial charge in [-0.25, -0.2) is 4.79 Å². The molecule has 2 heterocycles. The maximum Gasteiger partial charge on any atom is 0.416 e. The van der Waals surface area contributed by atoms with Crippen molar-refractivity contribution >= 4 is 34.2 Å². The number of hydrogen-bond donors (Lipinski definition) is 3. The van der Waals surface area contributed by atoms with Gasteiger partial charge in [-0.2, -0.15) is 13.2 Å². The highest BCUT2D eigenvalue weighted by Gasteiger charge is 2.38. The smallest absolute Gasteiger partial charge is 0.362 e. The third kappa shape index (κ3) is 4.27. The summed E-state index contributed by atoms with van der Waals surface area (Å²) in [5.41, 5.74) is 2.06. The van der Waals surface area contributed by atoms with Crippen molar-refractivity contribution in [2.45, 2.75) is 24.7 Å². The predicted molar refractivity (Wildman–Crippen MR) is 128 cm³/mol. The van der Waals surface area contributed by atoms with Crippen LogP contribution in [0.5, 0.6) is 0 Å². The largest absolute Gasteiger partial charge is 0.416 e. The van der Waals surface area contributed by atoms with Crippen LogP contribution in [0.2, 0.25) is 0 Å². The number of nitrogens with one attached hydrogen (secondary N) is 3. The molecular formula is C25H20ClF3N4O2. The van der Waals surface area contributed by atoms with Gasteiger partial charge < -0.3 is 20.2 Å². The SMILES string of the molecule is CN1C(c2ccc3[nH]c(=O)[nH]c3c2)=C2C=C(Cl)C=CC2NC(=O)C1Cc1ccccc1C(F)(F)F. The van der Waals surface area contributed by atoms with Crippen LogP contribution in [0.1, 0.15) is 16.7 Å². The van der Waals surface area contributed by atoms with E-state index in [0.29, 0.717) is 32.9 Å². The monoisotopic (exact) mass is 500 g/mol. The minimum atomic E-state index is -4.55. The number of likely N-dealkylation sites (N-methyl/N-ethyl adjacent to an activating group) is 1. The highest BCUT2D eigenvalue weighted by molar-refractivity contribution is 6.31. The first kappa shape index (κ1) is 23.0. The third-order valence-corrected chi connectivity index (χ3v) is 6.53. The van der Waals surface area contributed by atoms with Crippen LogP contribution in [-0.4, -0.2) is 39.9 Å². The van der Waals surface area contributed by atoms with Gasteiger partial charge in [0.1, 0.15) is 6.04 Å². The molecule has 3 N–H and O–H groups in total. The number of carbonyl (C=O) groups excluding carboxylic acids is 1. The Bertz CT molecular complexity index is 1480. The van der Waals surface area contributed by atoms with Gasteiger partial charge in [-0.1, -0.05) is 41.9 Å². The van der Waals surface area contributed by atoms with E-state index >= 15 is 0 Å². The zero-order valence-corrected chi connectivity index (χ0v) is 19.2. The molecule has 3 aromatic rings. The van der Waals surface area contributed by atoms with Crippen LogP contribution in [0.3, 0.4) is 0 Å². The number of imidazole rings is 1. The molecule has 5 rings (SSSR count). The van der Waals surface area contributed by atoms with Gasteiger partial charge in [0.15, 0.2) is 0 Å².